The molecular weight excluding hydrogens is 327 g/mol. The number of anilines is 1. The molecule has 0 saturated heterocycles. The van der Waals surface area contributed by atoms with Gasteiger partial charge in [-0.15, -0.1) is 11.8 Å². The number of carbonyl (C=O) groups excluding carboxylic acids is 1. The summed E-state index contributed by atoms with van der Waals surface area (Å²) in [6.07, 6.45) is 0.955. The summed E-state index contributed by atoms with van der Waals surface area (Å²) in [6, 6.07) is 9.62. The lowest BCUT2D eigenvalue weighted by Crippen LogP contribution is -2.33. The number of para-hydroxylation sites is 1. The van der Waals surface area contributed by atoms with Crippen molar-refractivity contribution in [3.63, 3.8) is 0 Å². The number of carbonyl (C=O) groups is 1. The van der Waals surface area contributed by atoms with Crippen LogP contribution in [0.1, 0.15) is 16.9 Å². The lowest BCUT2D eigenvalue weighted by molar-refractivity contribution is 0.0979. The van der Waals surface area contributed by atoms with Crippen molar-refractivity contribution in [2.24, 2.45) is 7.05 Å². The zero-order valence-electron chi connectivity index (χ0n) is 11.5. The van der Waals surface area contributed by atoms with Gasteiger partial charge in [0.2, 0.25) is 0 Å². The Hall–Kier alpha value is -1.10. The minimum absolute atomic E-state index is 0.0683. The van der Waals surface area contributed by atoms with E-state index in [0.717, 1.165) is 22.8 Å². The largest absolute Gasteiger partial charge is 0.329 e. The van der Waals surface area contributed by atoms with Crippen molar-refractivity contribution in [2.75, 3.05) is 17.2 Å². The van der Waals surface area contributed by atoms with Gasteiger partial charge in [-0.3, -0.25) is 4.79 Å². The van der Waals surface area contributed by atoms with E-state index in [1.165, 1.54) is 0 Å². The minimum atomic E-state index is -0.0683. The second-order valence-electron chi connectivity index (χ2n) is 4.85. The summed E-state index contributed by atoms with van der Waals surface area (Å²) in [5.74, 6) is 0.941. The van der Waals surface area contributed by atoms with Gasteiger partial charge in [-0.25, -0.2) is 0 Å². The predicted octanol–water partition coefficient (Wildman–Crippen LogP) is 4.47. The molecule has 2 heterocycles. The van der Waals surface area contributed by atoms with Gasteiger partial charge in [0.05, 0.1) is 10.7 Å². The standard InChI is InChI=1S/C15H14Cl2N2OS/c1-18-12(9-10(16)14(18)17)15(20)19-7-4-8-21-13-6-3-2-5-11(13)19/h2-3,5-6,9H,4,7-8H2,1H3. The Bertz CT molecular complexity index is 699. The monoisotopic (exact) mass is 340 g/mol. The summed E-state index contributed by atoms with van der Waals surface area (Å²) >= 11 is 13.9. The van der Waals surface area contributed by atoms with E-state index in [2.05, 4.69) is 6.07 Å². The quantitative estimate of drug-likeness (QED) is 0.764. The molecule has 0 spiro atoms. The van der Waals surface area contributed by atoms with Gasteiger partial charge in [0.15, 0.2) is 0 Å². The molecule has 1 aromatic heterocycles. The molecule has 110 valence electrons. The number of fused-ring (bicyclic) bond motifs is 1. The number of thioether (sulfide) groups is 1. The Kier molecular flexibility index (Phi) is 4.20. The maximum atomic E-state index is 12.9. The van der Waals surface area contributed by atoms with Crippen molar-refractivity contribution in [1.82, 2.24) is 4.57 Å². The fourth-order valence-corrected chi connectivity index (χ4v) is 3.79. The normalized spacial score (nSPS) is 14.7. The van der Waals surface area contributed by atoms with E-state index in [9.17, 15) is 4.79 Å². The topological polar surface area (TPSA) is 25.2 Å². The first-order valence-electron chi connectivity index (χ1n) is 6.64. The highest BCUT2D eigenvalue weighted by molar-refractivity contribution is 7.99. The lowest BCUT2D eigenvalue weighted by atomic mass is 10.2. The Morgan fingerprint density at radius 1 is 1.29 bits per heavy atom. The number of nitrogens with zero attached hydrogens (tertiary/aromatic N) is 2. The number of halogens is 2. The van der Waals surface area contributed by atoms with Gasteiger partial charge in [-0.1, -0.05) is 35.3 Å². The van der Waals surface area contributed by atoms with Crippen LogP contribution >= 0.6 is 35.0 Å². The summed E-state index contributed by atoms with van der Waals surface area (Å²) in [5.41, 5.74) is 1.46. The van der Waals surface area contributed by atoms with E-state index in [1.807, 2.05) is 23.1 Å². The Morgan fingerprint density at radius 2 is 2.05 bits per heavy atom. The molecule has 1 aliphatic heterocycles. The van der Waals surface area contributed by atoms with Gasteiger partial charge in [0, 0.05) is 18.5 Å². The second kappa shape index (κ2) is 5.95. The van der Waals surface area contributed by atoms with Gasteiger partial charge in [0.1, 0.15) is 10.8 Å². The first-order valence-corrected chi connectivity index (χ1v) is 8.38. The molecule has 0 saturated carbocycles. The molecule has 1 aromatic carbocycles. The van der Waals surface area contributed by atoms with Crippen molar-refractivity contribution in [1.29, 1.82) is 0 Å². The van der Waals surface area contributed by atoms with Gasteiger partial charge in [-0.05, 0) is 30.4 Å². The van der Waals surface area contributed by atoms with Crippen molar-refractivity contribution >= 4 is 46.6 Å². The Labute approximate surface area is 137 Å². The van der Waals surface area contributed by atoms with E-state index >= 15 is 0 Å². The van der Waals surface area contributed by atoms with Crippen molar-refractivity contribution < 1.29 is 4.79 Å². The van der Waals surface area contributed by atoms with Crippen molar-refractivity contribution in [3.05, 3.63) is 46.2 Å². The van der Waals surface area contributed by atoms with E-state index in [4.69, 9.17) is 23.2 Å². The van der Waals surface area contributed by atoms with Crippen LogP contribution in [-0.2, 0) is 7.05 Å². The third-order valence-electron chi connectivity index (χ3n) is 3.52. The average molecular weight is 341 g/mol. The van der Waals surface area contributed by atoms with Gasteiger partial charge in [0.25, 0.3) is 5.91 Å². The first kappa shape index (κ1) is 14.8. The molecule has 0 unspecified atom stereocenters. The highest BCUT2D eigenvalue weighted by Gasteiger charge is 2.25. The van der Waals surface area contributed by atoms with E-state index in [1.54, 1.807) is 29.4 Å². The third kappa shape index (κ3) is 2.68. The van der Waals surface area contributed by atoms with Crippen LogP contribution < -0.4 is 4.90 Å². The van der Waals surface area contributed by atoms with Gasteiger partial charge < -0.3 is 9.47 Å². The number of benzene rings is 1. The van der Waals surface area contributed by atoms with Crippen molar-refractivity contribution in [3.8, 4) is 0 Å². The third-order valence-corrected chi connectivity index (χ3v) is 5.51. The maximum Gasteiger partial charge on any atom is 0.275 e. The fraction of sp³-hybridized carbons (Fsp3) is 0.267. The van der Waals surface area contributed by atoms with Crippen LogP contribution in [0, 0.1) is 0 Å². The van der Waals surface area contributed by atoms with Crippen LogP contribution in [0.4, 0.5) is 5.69 Å². The van der Waals surface area contributed by atoms with E-state index in [0.29, 0.717) is 22.4 Å². The van der Waals surface area contributed by atoms with Crippen LogP contribution in [0.15, 0.2) is 35.2 Å². The highest BCUT2D eigenvalue weighted by atomic mass is 35.5. The summed E-state index contributed by atoms with van der Waals surface area (Å²) in [5, 5.41) is 0.789. The number of rotatable bonds is 1. The lowest BCUT2D eigenvalue weighted by Gasteiger charge is -2.22. The zero-order chi connectivity index (χ0) is 15.0. The van der Waals surface area contributed by atoms with Crippen LogP contribution in [0.25, 0.3) is 0 Å². The molecular formula is C15H14Cl2N2OS. The molecule has 0 fully saturated rings. The number of hydrogen-bond donors (Lipinski definition) is 0. The summed E-state index contributed by atoms with van der Waals surface area (Å²) in [6.45, 7) is 0.698. The second-order valence-corrected chi connectivity index (χ2v) is 6.76. The molecule has 1 aliphatic rings. The SMILES string of the molecule is Cn1c(C(=O)N2CCCSc3ccccc32)cc(Cl)c1Cl. The summed E-state index contributed by atoms with van der Waals surface area (Å²) in [4.78, 5) is 15.8. The molecule has 0 atom stereocenters. The predicted molar refractivity (Wildman–Crippen MR) is 88.9 cm³/mol. The zero-order valence-corrected chi connectivity index (χ0v) is 13.8. The van der Waals surface area contributed by atoms with Crippen LogP contribution in [0.5, 0.6) is 0 Å². The summed E-state index contributed by atoms with van der Waals surface area (Å²) in [7, 11) is 1.75. The molecule has 0 bridgehead atoms. The molecule has 6 heteroatoms. The average Bonchev–Trinajstić information content (AvgIpc) is 2.69. The van der Waals surface area contributed by atoms with E-state index in [-0.39, 0.29) is 5.91 Å². The molecule has 0 radical (unpaired) electrons. The smallest absolute Gasteiger partial charge is 0.275 e. The first-order chi connectivity index (χ1) is 10.1. The molecule has 3 rings (SSSR count). The summed E-state index contributed by atoms with van der Waals surface area (Å²) < 4.78 is 1.63. The number of amides is 1. The van der Waals surface area contributed by atoms with Crippen LogP contribution in [0.2, 0.25) is 10.2 Å². The maximum absolute atomic E-state index is 12.9. The van der Waals surface area contributed by atoms with E-state index < -0.39 is 0 Å². The molecule has 0 aliphatic carbocycles. The Balaban J connectivity index is 2.03. The van der Waals surface area contributed by atoms with Gasteiger partial charge >= 0.3 is 0 Å². The fourth-order valence-electron chi connectivity index (χ4n) is 2.42. The van der Waals surface area contributed by atoms with Gasteiger partial charge in [-0.2, -0.15) is 0 Å². The number of aromatic nitrogens is 1. The Morgan fingerprint density at radius 3 is 2.76 bits per heavy atom. The molecule has 2 aromatic rings. The number of hydrogen-bond acceptors (Lipinski definition) is 2. The minimum Gasteiger partial charge on any atom is -0.329 e. The highest BCUT2D eigenvalue weighted by Crippen LogP contribution is 2.35. The molecule has 0 N–H and O–H groups in total. The van der Waals surface area contributed by atoms with Crippen molar-refractivity contribution in [2.45, 2.75) is 11.3 Å². The molecule has 3 nitrogen and oxygen atoms in total. The van der Waals surface area contributed by atoms with Crippen LogP contribution in [0.3, 0.4) is 0 Å². The van der Waals surface area contributed by atoms with Crippen LogP contribution in [-0.4, -0.2) is 22.8 Å². The molecule has 21 heavy (non-hydrogen) atoms. The molecule has 1 amide bonds.